The van der Waals surface area contributed by atoms with E-state index in [0.717, 1.165) is 24.8 Å². The minimum atomic E-state index is -0.136. The Kier molecular flexibility index (Phi) is 4.43. The van der Waals surface area contributed by atoms with Gasteiger partial charge >= 0.3 is 0 Å². The van der Waals surface area contributed by atoms with Gasteiger partial charge in [-0.1, -0.05) is 18.9 Å². The zero-order valence-electron chi connectivity index (χ0n) is 12.7. The van der Waals surface area contributed by atoms with Crippen molar-refractivity contribution >= 4 is 11.8 Å². The van der Waals surface area contributed by atoms with E-state index in [1.54, 1.807) is 12.1 Å². The minimum absolute atomic E-state index is 0.0276. The van der Waals surface area contributed by atoms with Gasteiger partial charge < -0.3 is 16.4 Å². The van der Waals surface area contributed by atoms with Crippen LogP contribution < -0.4 is 16.4 Å². The van der Waals surface area contributed by atoms with Crippen LogP contribution in [0.15, 0.2) is 18.2 Å². The molecule has 22 heavy (non-hydrogen) atoms. The first-order valence-corrected chi connectivity index (χ1v) is 8.11. The predicted octanol–water partition coefficient (Wildman–Crippen LogP) is 1.22. The van der Waals surface area contributed by atoms with Crippen LogP contribution in [0.1, 0.15) is 52.0 Å². The molecule has 1 heterocycles. The van der Waals surface area contributed by atoms with E-state index >= 15 is 0 Å². The van der Waals surface area contributed by atoms with Gasteiger partial charge in [-0.2, -0.15) is 0 Å². The fourth-order valence-corrected chi connectivity index (χ4v) is 3.53. The van der Waals surface area contributed by atoms with Crippen LogP contribution in [0.25, 0.3) is 0 Å². The molecule has 1 aromatic rings. The Balaban J connectivity index is 1.74. The van der Waals surface area contributed by atoms with Crippen LogP contribution in [0.5, 0.6) is 0 Å². The lowest BCUT2D eigenvalue weighted by atomic mass is 9.96. The third-order valence-corrected chi connectivity index (χ3v) is 4.84. The molecule has 0 aromatic heterocycles. The van der Waals surface area contributed by atoms with Gasteiger partial charge in [-0.15, -0.1) is 0 Å². The highest BCUT2D eigenvalue weighted by molar-refractivity contribution is 6.01. The monoisotopic (exact) mass is 301 g/mol. The second-order valence-corrected chi connectivity index (χ2v) is 6.24. The highest BCUT2D eigenvalue weighted by atomic mass is 16.2. The molecule has 2 amide bonds. The summed E-state index contributed by atoms with van der Waals surface area (Å²) in [4.78, 5) is 24.3. The summed E-state index contributed by atoms with van der Waals surface area (Å²) in [5.74, 6) is 0.250. The van der Waals surface area contributed by atoms with Crippen molar-refractivity contribution in [3.63, 3.8) is 0 Å². The first-order chi connectivity index (χ1) is 10.7. The number of carbonyl (C=O) groups is 2. The summed E-state index contributed by atoms with van der Waals surface area (Å²) in [6, 6.07) is 5.41. The SMILES string of the molecule is NCC(NC(=O)c1ccc2c(c1)C(=O)NCC2)C1CCCC1. The number of amides is 2. The van der Waals surface area contributed by atoms with Gasteiger partial charge in [0.25, 0.3) is 11.8 Å². The predicted molar refractivity (Wildman–Crippen MR) is 84.7 cm³/mol. The lowest BCUT2D eigenvalue weighted by molar-refractivity contribution is 0.0924. The number of hydrogen-bond donors (Lipinski definition) is 3. The fraction of sp³-hybridized carbons (Fsp3) is 0.529. The largest absolute Gasteiger partial charge is 0.352 e. The van der Waals surface area contributed by atoms with Gasteiger partial charge in [-0.3, -0.25) is 9.59 Å². The summed E-state index contributed by atoms with van der Waals surface area (Å²) in [6.45, 7) is 1.12. The highest BCUT2D eigenvalue weighted by Crippen LogP contribution is 2.27. The Bertz CT molecular complexity index is 579. The van der Waals surface area contributed by atoms with Crippen molar-refractivity contribution in [1.29, 1.82) is 0 Å². The van der Waals surface area contributed by atoms with E-state index in [0.29, 0.717) is 30.1 Å². The molecular weight excluding hydrogens is 278 g/mol. The summed E-state index contributed by atoms with van der Waals surface area (Å²) < 4.78 is 0. The maximum atomic E-state index is 12.5. The molecule has 0 bridgehead atoms. The number of nitrogens with one attached hydrogen (secondary N) is 2. The molecule has 1 aliphatic heterocycles. The number of rotatable bonds is 4. The number of nitrogens with two attached hydrogens (primary N) is 1. The van der Waals surface area contributed by atoms with Crippen molar-refractivity contribution in [3.05, 3.63) is 34.9 Å². The Labute approximate surface area is 130 Å². The lowest BCUT2D eigenvalue weighted by Gasteiger charge is -2.23. The third-order valence-electron chi connectivity index (χ3n) is 4.84. The van der Waals surface area contributed by atoms with Gasteiger partial charge in [0.2, 0.25) is 0 Å². The Morgan fingerprint density at radius 3 is 2.86 bits per heavy atom. The maximum Gasteiger partial charge on any atom is 0.251 e. The smallest absolute Gasteiger partial charge is 0.251 e. The number of benzene rings is 1. The van der Waals surface area contributed by atoms with Crippen LogP contribution in [0, 0.1) is 5.92 Å². The van der Waals surface area contributed by atoms with Crippen molar-refractivity contribution < 1.29 is 9.59 Å². The van der Waals surface area contributed by atoms with Crippen LogP contribution in [-0.4, -0.2) is 30.9 Å². The van der Waals surface area contributed by atoms with Gasteiger partial charge in [-0.05, 0) is 42.9 Å². The van der Waals surface area contributed by atoms with Crippen LogP contribution in [0.4, 0.5) is 0 Å². The summed E-state index contributed by atoms with van der Waals surface area (Å²) >= 11 is 0. The molecule has 0 saturated heterocycles. The van der Waals surface area contributed by atoms with Gasteiger partial charge in [0.05, 0.1) is 0 Å². The lowest BCUT2D eigenvalue weighted by Crippen LogP contribution is -2.44. The zero-order chi connectivity index (χ0) is 15.5. The standard InChI is InChI=1S/C17H23N3O2/c18-10-15(12-3-1-2-4-12)20-16(21)13-6-5-11-7-8-19-17(22)14(11)9-13/h5-6,9,12,15H,1-4,7-8,10,18H2,(H,19,22)(H,20,21). The third kappa shape index (κ3) is 2.99. The van der Waals surface area contributed by atoms with Gasteiger partial charge in [0.15, 0.2) is 0 Å². The summed E-state index contributed by atoms with van der Waals surface area (Å²) in [6.07, 6.45) is 5.52. The van der Waals surface area contributed by atoms with E-state index in [1.165, 1.54) is 12.8 Å². The van der Waals surface area contributed by atoms with Crippen molar-refractivity contribution in [2.75, 3.05) is 13.1 Å². The van der Waals surface area contributed by atoms with Crippen LogP contribution in [0.2, 0.25) is 0 Å². The number of carbonyl (C=O) groups excluding carboxylic acids is 2. The molecule has 1 fully saturated rings. The summed E-state index contributed by atoms with van der Waals surface area (Å²) in [5.41, 5.74) is 7.99. The maximum absolute atomic E-state index is 12.5. The van der Waals surface area contributed by atoms with E-state index in [1.807, 2.05) is 6.07 Å². The molecule has 0 spiro atoms. The summed E-state index contributed by atoms with van der Waals surface area (Å²) in [7, 11) is 0. The molecule has 5 nitrogen and oxygen atoms in total. The van der Waals surface area contributed by atoms with E-state index in [9.17, 15) is 9.59 Å². The molecule has 1 aliphatic carbocycles. The molecule has 1 saturated carbocycles. The first kappa shape index (κ1) is 15.0. The topological polar surface area (TPSA) is 84.2 Å². The normalized spacial score (nSPS) is 19.4. The van der Waals surface area contributed by atoms with Crippen molar-refractivity contribution in [2.24, 2.45) is 11.7 Å². The van der Waals surface area contributed by atoms with Crippen LogP contribution in [0.3, 0.4) is 0 Å². The molecule has 3 rings (SSSR count). The van der Waals surface area contributed by atoms with Gasteiger partial charge in [0, 0.05) is 30.3 Å². The molecule has 2 aliphatic rings. The molecule has 118 valence electrons. The van der Waals surface area contributed by atoms with Gasteiger partial charge in [-0.25, -0.2) is 0 Å². The van der Waals surface area contributed by atoms with Crippen molar-refractivity contribution in [3.8, 4) is 0 Å². The van der Waals surface area contributed by atoms with Crippen molar-refractivity contribution in [2.45, 2.75) is 38.1 Å². The Morgan fingerprint density at radius 1 is 1.36 bits per heavy atom. The average molecular weight is 301 g/mol. The second kappa shape index (κ2) is 6.48. The minimum Gasteiger partial charge on any atom is -0.352 e. The van der Waals surface area contributed by atoms with E-state index in [-0.39, 0.29) is 17.9 Å². The molecular formula is C17H23N3O2. The Morgan fingerprint density at radius 2 is 2.14 bits per heavy atom. The highest BCUT2D eigenvalue weighted by Gasteiger charge is 2.26. The number of hydrogen-bond acceptors (Lipinski definition) is 3. The molecule has 5 heteroatoms. The van der Waals surface area contributed by atoms with Crippen LogP contribution in [-0.2, 0) is 6.42 Å². The molecule has 1 atom stereocenters. The van der Waals surface area contributed by atoms with E-state index in [2.05, 4.69) is 10.6 Å². The fourth-order valence-electron chi connectivity index (χ4n) is 3.53. The number of fused-ring (bicyclic) bond motifs is 1. The van der Waals surface area contributed by atoms with E-state index < -0.39 is 0 Å². The quantitative estimate of drug-likeness (QED) is 0.782. The van der Waals surface area contributed by atoms with Crippen molar-refractivity contribution in [1.82, 2.24) is 10.6 Å². The first-order valence-electron chi connectivity index (χ1n) is 8.11. The molecule has 0 radical (unpaired) electrons. The molecule has 4 N–H and O–H groups in total. The second-order valence-electron chi connectivity index (χ2n) is 6.24. The molecule has 1 aromatic carbocycles. The average Bonchev–Trinajstić information content (AvgIpc) is 3.06. The van der Waals surface area contributed by atoms with Gasteiger partial charge in [0.1, 0.15) is 0 Å². The Hall–Kier alpha value is -1.88. The zero-order valence-corrected chi connectivity index (χ0v) is 12.7. The van der Waals surface area contributed by atoms with Crippen LogP contribution >= 0.6 is 0 Å². The molecule has 1 unspecified atom stereocenters. The van der Waals surface area contributed by atoms with E-state index in [4.69, 9.17) is 5.73 Å². The summed E-state index contributed by atoms with van der Waals surface area (Å²) in [5, 5.41) is 5.86.